The molecule has 1 saturated heterocycles. The number of nitrogens with zero attached hydrogens (tertiary/aromatic N) is 1. The van der Waals surface area contributed by atoms with Crippen LogP contribution in [0.5, 0.6) is 0 Å². The zero-order chi connectivity index (χ0) is 14.7. The quantitative estimate of drug-likeness (QED) is 0.895. The average Bonchev–Trinajstić information content (AvgIpc) is 2.76. The molecule has 7 heteroatoms. The Morgan fingerprint density at radius 3 is 2.75 bits per heavy atom. The topological polar surface area (TPSA) is 73.4 Å². The summed E-state index contributed by atoms with van der Waals surface area (Å²) in [6.45, 7) is 0.636. The van der Waals surface area contributed by atoms with E-state index in [1.165, 1.54) is 6.07 Å². The molecule has 1 aliphatic heterocycles. The number of rotatable bonds is 4. The van der Waals surface area contributed by atoms with Crippen LogP contribution in [0.4, 0.5) is 0 Å². The highest BCUT2D eigenvalue weighted by molar-refractivity contribution is 6.41. The van der Waals surface area contributed by atoms with Crippen molar-refractivity contribution in [3.63, 3.8) is 0 Å². The van der Waals surface area contributed by atoms with Gasteiger partial charge in [-0.3, -0.25) is 9.59 Å². The summed E-state index contributed by atoms with van der Waals surface area (Å²) in [7, 11) is 0. The molecule has 1 unspecified atom stereocenters. The van der Waals surface area contributed by atoms with Crippen molar-refractivity contribution in [1.29, 1.82) is 0 Å². The summed E-state index contributed by atoms with van der Waals surface area (Å²) in [5.74, 6) is -1.01. The van der Waals surface area contributed by atoms with Gasteiger partial charge in [-0.05, 0) is 31.7 Å². The van der Waals surface area contributed by atoms with E-state index in [4.69, 9.17) is 28.3 Å². The lowest BCUT2D eigenvalue weighted by atomic mass is 9.97. The molecule has 0 saturated carbocycles. The van der Waals surface area contributed by atoms with Crippen LogP contribution in [0, 0.1) is 0 Å². The van der Waals surface area contributed by atoms with Gasteiger partial charge in [-0.15, -0.1) is 0 Å². The molecule has 0 radical (unpaired) electrons. The summed E-state index contributed by atoms with van der Waals surface area (Å²) in [5.41, 5.74) is 0.349. The molecule has 0 spiro atoms. The molecular weight excluding hydrogens is 303 g/mol. The Balaban J connectivity index is 2.10. The average molecular weight is 319 g/mol. The molecule has 5 nitrogen and oxygen atoms in total. The Hall–Kier alpha value is -1.20. The van der Waals surface area contributed by atoms with Crippen molar-refractivity contribution in [2.45, 2.75) is 38.1 Å². The normalized spacial score (nSPS) is 19.1. The first kappa shape index (κ1) is 15.2. The van der Waals surface area contributed by atoms with Crippen LogP contribution in [0.2, 0.25) is 10.2 Å². The SMILES string of the molecule is O=C(O)CCC1CCCCN1C(=O)c1cc(Cl)c(Cl)[nH]1. The molecule has 20 heavy (non-hydrogen) atoms. The second kappa shape index (κ2) is 6.50. The standard InChI is InChI=1S/C13H16Cl2N2O3/c14-9-7-10(16-12(9)15)13(20)17-6-2-1-3-8(17)4-5-11(18)19/h7-8,16H,1-6H2,(H,18,19). The van der Waals surface area contributed by atoms with Gasteiger partial charge in [-0.25, -0.2) is 0 Å². The van der Waals surface area contributed by atoms with Crippen LogP contribution < -0.4 is 0 Å². The summed E-state index contributed by atoms with van der Waals surface area (Å²) < 4.78 is 0. The lowest BCUT2D eigenvalue weighted by Crippen LogP contribution is -2.44. The van der Waals surface area contributed by atoms with Crippen LogP contribution >= 0.6 is 23.2 Å². The summed E-state index contributed by atoms with van der Waals surface area (Å²) >= 11 is 11.7. The van der Waals surface area contributed by atoms with E-state index < -0.39 is 5.97 Å². The third-order valence-corrected chi connectivity index (χ3v) is 4.23. The van der Waals surface area contributed by atoms with E-state index in [0.717, 1.165) is 19.3 Å². The van der Waals surface area contributed by atoms with E-state index in [1.54, 1.807) is 4.90 Å². The molecule has 1 atom stereocenters. The number of amides is 1. The maximum absolute atomic E-state index is 12.5. The van der Waals surface area contributed by atoms with Crippen molar-refractivity contribution in [3.8, 4) is 0 Å². The van der Waals surface area contributed by atoms with E-state index in [1.807, 2.05) is 0 Å². The van der Waals surface area contributed by atoms with Crippen molar-refractivity contribution in [1.82, 2.24) is 9.88 Å². The number of piperidine rings is 1. The van der Waals surface area contributed by atoms with E-state index in [2.05, 4.69) is 4.98 Å². The van der Waals surface area contributed by atoms with Crippen LogP contribution in [-0.2, 0) is 4.79 Å². The number of hydrogen-bond donors (Lipinski definition) is 2. The van der Waals surface area contributed by atoms with E-state index in [9.17, 15) is 9.59 Å². The van der Waals surface area contributed by atoms with E-state index in [-0.39, 0.29) is 23.5 Å². The van der Waals surface area contributed by atoms with Gasteiger partial charge in [0.2, 0.25) is 0 Å². The van der Waals surface area contributed by atoms with Gasteiger partial charge in [-0.1, -0.05) is 23.2 Å². The highest BCUT2D eigenvalue weighted by Gasteiger charge is 2.28. The van der Waals surface area contributed by atoms with Crippen LogP contribution in [-0.4, -0.2) is 39.5 Å². The maximum atomic E-state index is 12.5. The van der Waals surface area contributed by atoms with Crippen LogP contribution in [0.3, 0.4) is 0 Å². The highest BCUT2D eigenvalue weighted by atomic mass is 35.5. The fourth-order valence-corrected chi connectivity index (χ4v) is 2.84. The number of halogens is 2. The lowest BCUT2D eigenvalue weighted by Gasteiger charge is -2.35. The number of likely N-dealkylation sites (tertiary alicyclic amines) is 1. The molecule has 1 aromatic heterocycles. The van der Waals surface area contributed by atoms with Gasteiger partial charge in [0.1, 0.15) is 10.8 Å². The van der Waals surface area contributed by atoms with Crippen LogP contribution in [0.25, 0.3) is 0 Å². The number of aromatic amines is 1. The zero-order valence-electron chi connectivity index (χ0n) is 10.9. The summed E-state index contributed by atoms with van der Waals surface area (Å²) in [6, 6.07) is 1.47. The molecule has 1 aromatic rings. The monoisotopic (exact) mass is 318 g/mol. The number of carbonyl (C=O) groups is 2. The Bertz CT molecular complexity index is 496. The minimum atomic E-state index is -0.839. The molecule has 2 N–H and O–H groups in total. The van der Waals surface area contributed by atoms with Gasteiger partial charge in [0.05, 0.1) is 5.02 Å². The fourth-order valence-electron chi connectivity index (χ4n) is 2.53. The minimum Gasteiger partial charge on any atom is -0.481 e. The molecule has 0 aliphatic carbocycles. The predicted molar refractivity (Wildman–Crippen MR) is 76.4 cm³/mol. The van der Waals surface area contributed by atoms with Crippen molar-refractivity contribution >= 4 is 35.1 Å². The largest absolute Gasteiger partial charge is 0.481 e. The molecule has 1 amide bonds. The summed E-state index contributed by atoms with van der Waals surface area (Å²) in [6.07, 6.45) is 3.32. The number of hydrogen-bond acceptors (Lipinski definition) is 2. The summed E-state index contributed by atoms with van der Waals surface area (Å²) in [4.78, 5) is 27.6. The molecular formula is C13H16Cl2N2O3. The number of H-pyrrole nitrogens is 1. The number of aliphatic carboxylic acids is 1. The van der Waals surface area contributed by atoms with Crippen molar-refractivity contribution in [2.75, 3.05) is 6.54 Å². The van der Waals surface area contributed by atoms with Gasteiger partial charge in [-0.2, -0.15) is 0 Å². The Morgan fingerprint density at radius 2 is 2.15 bits per heavy atom. The van der Waals surface area contributed by atoms with Crippen molar-refractivity contribution in [3.05, 3.63) is 21.9 Å². The van der Waals surface area contributed by atoms with Gasteiger partial charge in [0.25, 0.3) is 5.91 Å². The van der Waals surface area contributed by atoms with Crippen LogP contribution in [0.15, 0.2) is 6.07 Å². The lowest BCUT2D eigenvalue weighted by molar-refractivity contribution is -0.137. The van der Waals surface area contributed by atoms with Crippen LogP contribution in [0.1, 0.15) is 42.6 Å². The van der Waals surface area contributed by atoms with Crippen molar-refractivity contribution < 1.29 is 14.7 Å². The number of nitrogens with one attached hydrogen (secondary N) is 1. The fraction of sp³-hybridized carbons (Fsp3) is 0.538. The third kappa shape index (κ3) is 3.46. The van der Waals surface area contributed by atoms with Gasteiger partial charge >= 0.3 is 5.97 Å². The first-order chi connectivity index (χ1) is 9.49. The Kier molecular flexibility index (Phi) is 4.94. The Morgan fingerprint density at radius 1 is 1.40 bits per heavy atom. The van der Waals surface area contributed by atoms with E-state index in [0.29, 0.717) is 23.7 Å². The first-order valence-electron chi connectivity index (χ1n) is 6.56. The Labute approximate surface area is 126 Å². The molecule has 1 aliphatic rings. The van der Waals surface area contributed by atoms with E-state index >= 15 is 0 Å². The highest BCUT2D eigenvalue weighted by Crippen LogP contribution is 2.26. The maximum Gasteiger partial charge on any atom is 0.303 e. The second-order valence-corrected chi connectivity index (χ2v) is 5.71. The minimum absolute atomic E-state index is 0.0341. The predicted octanol–water partition coefficient (Wildman–Crippen LogP) is 3.18. The number of carboxylic acids is 1. The second-order valence-electron chi connectivity index (χ2n) is 4.93. The molecule has 2 heterocycles. The smallest absolute Gasteiger partial charge is 0.303 e. The molecule has 1 fully saturated rings. The number of aromatic nitrogens is 1. The van der Waals surface area contributed by atoms with Gasteiger partial charge in [0, 0.05) is 19.0 Å². The van der Waals surface area contributed by atoms with Gasteiger partial charge < -0.3 is 15.0 Å². The van der Waals surface area contributed by atoms with Gasteiger partial charge in [0.15, 0.2) is 0 Å². The molecule has 0 aromatic carbocycles. The molecule has 110 valence electrons. The summed E-state index contributed by atoms with van der Waals surface area (Å²) in [5, 5.41) is 9.34. The third-order valence-electron chi connectivity index (χ3n) is 3.53. The number of carbonyl (C=O) groups excluding carboxylic acids is 1. The number of carboxylic acid groups (broad SMARTS) is 1. The first-order valence-corrected chi connectivity index (χ1v) is 7.31. The molecule has 0 bridgehead atoms. The van der Waals surface area contributed by atoms with Crippen molar-refractivity contribution in [2.24, 2.45) is 0 Å². The molecule has 2 rings (SSSR count). The zero-order valence-corrected chi connectivity index (χ0v) is 12.4.